The first-order valence-corrected chi connectivity index (χ1v) is 4.65. The molecule has 0 radical (unpaired) electrons. The highest BCUT2D eigenvalue weighted by atomic mass is 16.5. The molecular formula is C9H15NO4. The van der Waals surface area contributed by atoms with Crippen molar-refractivity contribution >= 4 is 11.9 Å². The quantitative estimate of drug-likeness (QED) is 0.644. The van der Waals surface area contributed by atoms with Crippen LogP contribution in [0.1, 0.15) is 19.8 Å². The van der Waals surface area contributed by atoms with Gasteiger partial charge in [0.1, 0.15) is 12.1 Å². The average molecular weight is 201 g/mol. The molecule has 1 rings (SSSR count). The van der Waals surface area contributed by atoms with Gasteiger partial charge in [0, 0.05) is 6.61 Å². The molecule has 0 aromatic rings. The fourth-order valence-corrected chi connectivity index (χ4v) is 1.33. The van der Waals surface area contributed by atoms with E-state index in [1.165, 1.54) is 7.11 Å². The zero-order valence-corrected chi connectivity index (χ0v) is 8.41. The molecule has 1 amide bonds. The van der Waals surface area contributed by atoms with E-state index in [1.54, 1.807) is 6.92 Å². The zero-order valence-electron chi connectivity index (χ0n) is 8.41. The van der Waals surface area contributed by atoms with E-state index in [2.05, 4.69) is 10.1 Å². The molecule has 5 heteroatoms. The summed E-state index contributed by atoms with van der Waals surface area (Å²) >= 11 is 0. The molecule has 0 saturated carbocycles. The predicted molar refractivity (Wildman–Crippen MR) is 48.6 cm³/mol. The van der Waals surface area contributed by atoms with Crippen LogP contribution in [0.25, 0.3) is 0 Å². The summed E-state index contributed by atoms with van der Waals surface area (Å²) in [5.41, 5.74) is 0. The second-order valence-electron chi connectivity index (χ2n) is 3.26. The lowest BCUT2D eigenvalue weighted by atomic mass is 10.2. The van der Waals surface area contributed by atoms with Gasteiger partial charge in [-0.1, -0.05) is 0 Å². The molecule has 0 aromatic heterocycles. The minimum absolute atomic E-state index is 0.236. The molecule has 0 bridgehead atoms. The Kier molecular flexibility index (Phi) is 3.88. The van der Waals surface area contributed by atoms with Gasteiger partial charge in [-0.15, -0.1) is 0 Å². The number of ether oxygens (including phenoxy) is 2. The van der Waals surface area contributed by atoms with Gasteiger partial charge in [0.15, 0.2) is 0 Å². The smallest absolute Gasteiger partial charge is 0.328 e. The van der Waals surface area contributed by atoms with Crippen LogP contribution in [0.2, 0.25) is 0 Å². The van der Waals surface area contributed by atoms with E-state index < -0.39 is 18.1 Å². The largest absolute Gasteiger partial charge is 0.467 e. The van der Waals surface area contributed by atoms with Gasteiger partial charge in [-0.25, -0.2) is 4.79 Å². The Labute approximate surface area is 82.8 Å². The van der Waals surface area contributed by atoms with Gasteiger partial charge < -0.3 is 14.8 Å². The van der Waals surface area contributed by atoms with E-state index in [0.29, 0.717) is 6.61 Å². The molecule has 14 heavy (non-hydrogen) atoms. The molecule has 0 aliphatic carbocycles. The van der Waals surface area contributed by atoms with Crippen LogP contribution >= 0.6 is 0 Å². The second-order valence-corrected chi connectivity index (χ2v) is 3.26. The molecule has 0 spiro atoms. The third-order valence-corrected chi connectivity index (χ3v) is 2.14. The number of carbonyl (C=O) groups is 2. The first-order valence-electron chi connectivity index (χ1n) is 4.65. The van der Waals surface area contributed by atoms with E-state index >= 15 is 0 Å². The van der Waals surface area contributed by atoms with Gasteiger partial charge in [0.05, 0.1) is 7.11 Å². The molecule has 1 fully saturated rings. The molecular weight excluding hydrogens is 186 g/mol. The van der Waals surface area contributed by atoms with E-state index in [4.69, 9.17) is 4.74 Å². The van der Waals surface area contributed by atoms with Crippen LogP contribution in [-0.4, -0.2) is 37.7 Å². The van der Waals surface area contributed by atoms with Crippen molar-refractivity contribution < 1.29 is 19.1 Å². The molecule has 1 saturated heterocycles. The number of carbonyl (C=O) groups excluding carboxylic acids is 2. The summed E-state index contributed by atoms with van der Waals surface area (Å²) in [6.45, 7) is 2.20. The van der Waals surface area contributed by atoms with Crippen molar-refractivity contribution in [2.45, 2.75) is 31.9 Å². The average Bonchev–Trinajstić information content (AvgIpc) is 2.69. The highest BCUT2D eigenvalue weighted by Gasteiger charge is 2.26. The summed E-state index contributed by atoms with van der Waals surface area (Å²) in [6.07, 6.45) is 1.21. The van der Waals surface area contributed by atoms with Crippen LogP contribution in [0.5, 0.6) is 0 Å². The number of rotatable bonds is 3. The monoisotopic (exact) mass is 201 g/mol. The summed E-state index contributed by atoms with van der Waals surface area (Å²) in [4.78, 5) is 22.4. The van der Waals surface area contributed by atoms with Crippen molar-refractivity contribution in [2.24, 2.45) is 0 Å². The van der Waals surface area contributed by atoms with Gasteiger partial charge in [0.2, 0.25) is 5.91 Å². The second kappa shape index (κ2) is 4.95. The molecule has 80 valence electrons. The Morgan fingerprint density at radius 2 is 2.29 bits per heavy atom. The molecule has 1 aliphatic rings. The minimum Gasteiger partial charge on any atom is -0.467 e. The van der Waals surface area contributed by atoms with Gasteiger partial charge in [-0.2, -0.15) is 0 Å². The van der Waals surface area contributed by atoms with Crippen molar-refractivity contribution in [3.63, 3.8) is 0 Å². The third-order valence-electron chi connectivity index (χ3n) is 2.14. The zero-order chi connectivity index (χ0) is 10.6. The molecule has 0 aromatic carbocycles. The number of amides is 1. The summed E-state index contributed by atoms with van der Waals surface area (Å²) in [7, 11) is 1.29. The van der Waals surface area contributed by atoms with Crippen molar-refractivity contribution in [1.29, 1.82) is 0 Å². The lowest BCUT2D eigenvalue weighted by Crippen LogP contribution is -2.44. The Balaban J connectivity index is 2.35. The van der Waals surface area contributed by atoms with Crippen molar-refractivity contribution in [2.75, 3.05) is 13.7 Å². The van der Waals surface area contributed by atoms with Crippen molar-refractivity contribution in [3.05, 3.63) is 0 Å². The number of hydrogen-bond donors (Lipinski definition) is 1. The molecule has 1 N–H and O–H groups in total. The molecule has 5 nitrogen and oxygen atoms in total. The predicted octanol–water partition coefficient (Wildman–Crippen LogP) is -0.157. The Morgan fingerprint density at radius 1 is 1.57 bits per heavy atom. The Morgan fingerprint density at radius 3 is 2.79 bits per heavy atom. The van der Waals surface area contributed by atoms with Gasteiger partial charge in [-0.05, 0) is 19.8 Å². The third kappa shape index (κ3) is 2.70. The SMILES string of the molecule is COC(=O)[C@@H](C)NC(=O)[C@H]1CCCO1. The number of hydrogen-bond acceptors (Lipinski definition) is 4. The maximum absolute atomic E-state index is 11.4. The molecule has 0 unspecified atom stereocenters. The standard InChI is InChI=1S/C9H15NO4/c1-6(9(12)13-2)10-8(11)7-4-3-5-14-7/h6-7H,3-5H2,1-2H3,(H,10,11)/t6-,7-/m1/s1. The Bertz CT molecular complexity index is 223. The van der Waals surface area contributed by atoms with Crippen LogP contribution in [0.3, 0.4) is 0 Å². The summed E-state index contributed by atoms with van der Waals surface area (Å²) in [5, 5.41) is 2.53. The fourth-order valence-electron chi connectivity index (χ4n) is 1.33. The Hall–Kier alpha value is -1.10. The number of methoxy groups -OCH3 is 1. The number of nitrogens with one attached hydrogen (secondary N) is 1. The normalized spacial score (nSPS) is 22.9. The van der Waals surface area contributed by atoms with Crippen LogP contribution in [-0.2, 0) is 19.1 Å². The first kappa shape index (κ1) is 11.0. The van der Waals surface area contributed by atoms with Gasteiger partial charge >= 0.3 is 5.97 Å². The molecule has 1 aliphatic heterocycles. The van der Waals surface area contributed by atoms with Crippen LogP contribution < -0.4 is 5.32 Å². The van der Waals surface area contributed by atoms with E-state index in [1.807, 2.05) is 0 Å². The maximum atomic E-state index is 11.4. The van der Waals surface area contributed by atoms with Crippen LogP contribution in [0, 0.1) is 0 Å². The van der Waals surface area contributed by atoms with Crippen molar-refractivity contribution in [1.82, 2.24) is 5.32 Å². The highest BCUT2D eigenvalue weighted by Crippen LogP contribution is 2.11. The van der Waals surface area contributed by atoms with E-state index in [9.17, 15) is 9.59 Å². The van der Waals surface area contributed by atoms with E-state index in [-0.39, 0.29) is 5.91 Å². The van der Waals surface area contributed by atoms with Crippen LogP contribution in [0.15, 0.2) is 0 Å². The van der Waals surface area contributed by atoms with Crippen molar-refractivity contribution in [3.8, 4) is 0 Å². The lowest BCUT2D eigenvalue weighted by molar-refractivity contribution is -0.145. The maximum Gasteiger partial charge on any atom is 0.328 e. The fraction of sp³-hybridized carbons (Fsp3) is 0.778. The molecule has 2 atom stereocenters. The first-order chi connectivity index (χ1) is 6.65. The number of esters is 1. The van der Waals surface area contributed by atoms with E-state index in [0.717, 1.165) is 12.8 Å². The molecule has 1 heterocycles. The van der Waals surface area contributed by atoms with Gasteiger partial charge in [-0.3, -0.25) is 4.79 Å². The van der Waals surface area contributed by atoms with Gasteiger partial charge in [0.25, 0.3) is 0 Å². The summed E-state index contributed by atoms with van der Waals surface area (Å²) in [5.74, 6) is -0.684. The summed E-state index contributed by atoms with van der Waals surface area (Å²) in [6, 6.07) is -0.614. The highest BCUT2D eigenvalue weighted by molar-refractivity contribution is 5.86. The minimum atomic E-state index is -0.614. The topological polar surface area (TPSA) is 64.6 Å². The summed E-state index contributed by atoms with van der Waals surface area (Å²) < 4.78 is 9.65. The lowest BCUT2D eigenvalue weighted by Gasteiger charge is -2.14. The van der Waals surface area contributed by atoms with Crippen LogP contribution in [0.4, 0.5) is 0 Å².